The molecule has 6 heteroatoms. The van der Waals surface area contributed by atoms with Gasteiger partial charge < -0.3 is 19.9 Å². The van der Waals surface area contributed by atoms with Crippen molar-refractivity contribution in [3.05, 3.63) is 12.2 Å². The highest BCUT2D eigenvalue weighted by Gasteiger charge is 2.26. The fourth-order valence-corrected chi connectivity index (χ4v) is 4.13. The van der Waals surface area contributed by atoms with Crippen LogP contribution in [-0.4, -0.2) is 39.4 Å². The Bertz CT molecular complexity index is 411. The van der Waals surface area contributed by atoms with Crippen molar-refractivity contribution in [1.82, 2.24) is 0 Å². The molecule has 0 aliphatic rings. The first-order chi connectivity index (χ1) is 13.0. The maximum absolute atomic E-state index is 11.7. The Kier molecular flexibility index (Phi) is 18.5. The molecule has 5 nitrogen and oxygen atoms in total. The molecule has 0 spiro atoms. The quantitative estimate of drug-likeness (QED) is 0.164. The van der Waals surface area contributed by atoms with Crippen molar-refractivity contribution >= 4 is 13.3 Å². The SMILES string of the molecule is CCCCCCCC/C=C\CCCCCCCC(=O)[PH](=O)C(O)C(O)CO. The molecule has 0 fully saturated rings. The third-order valence-corrected chi connectivity index (χ3v) is 6.48. The van der Waals surface area contributed by atoms with E-state index in [4.69, 9.17) is 5.11 Å². The Morgan fingerprint density at radius 3 is 1.85 bits per heavy atom. The highest BCUT2D eigenvalue weighted by Crippen LogP contribution is 2.31. The van der Waals surface area contributed by atoms with Crippen LogP contribution in [-0.2, 0) is 9.36 Å². The summed E-state index contributed by atoms with van der Waals surface area (Å²) < 4.78 is 11.7. The molecule has 3 N–H and O–H groups in total. The minimum Gasteiger partial charge on any atom is -0.394 e. The van der Waals surface area contributed by atoms with Crippen LogP contribution >= 0.6 is 7.80 Å². The molecular weight excluding hydrogens is 363 g/mol. The van der Waals surface area contributed by atoms with Gasteiger partial charge in [0.1, 0.15) is 11.9 Å². The third kappa shape index (κ3) is 15.2. The number of carbonyl (C=O) groups is 1. The zero-order valence-corrected chi connectivity index (χ0v) is 18.1. The molecule has 0 saturated carbocycles. The van der Waals surface area contributed by atoms with Crippen LogP contribution in [0.1, 0.15) is 96.8 Å². The first-order valence-electron chi connectivity index (χ1n) is 10.7. The van der Waals surface area contributed by atoms with E-state index in [0.29, 0.717) is 6.42 Å². The Morgan fingerprint density at radius 2 is 1.33 bits per heavy atom. The van der Waals surface area contributed by atoms with Crippen LogP contribution in [0, 0.1) is 0 Å². The molecular formula is C21H41O5P. The third-order valence-electron chi connectivity index (χ3n) is 4.76. The zero-order valence-electron chi connectivity index (χ0n) is 17.1. The van der Waals surface area contributed by atoms with E-state index in [1.54, 1.807) is 0 Å². The van der Waals surface area contributed by atoms with Crippen LogP contribution in [0.4, 0.5) is 0 Å². The van der Waals surface area contributed by atoms with Crippen LogP contribution in [0.2, 0.25) is 0 Å². The van der Waals surface area contributed by atoms with E-state index in [1.807, 2.05) is 0 Å². The molecule has 0 amide bonds. The van der Waals surface area contributed by atoms with Gasteiger partial charge in [-0.05, 0) is 32.1 Å². The summed E-state index contributed by atoms with van der Waals surface area (Å²) >= 11 is 0. The number of unbranched alkanes of at least 4 members (excludes halogenated alkanes) is 11. The standard InChI is InChI=1S/C21H41O5P/c1-2-3-4-5-6-7-8-9-10-11-12-13-14-15-16-17-20(24)27(26)21(25)19(23)18-22/h9-10,19,21-23,25,27H,2-8,11-18H2,1H3/b10-9-. The summed E-state index contributed by atoms with van der Waals surface area (Å²) in [6.07, 6.45) is 18.4. The van der Waals surface area contributed by atoms with Gasteiger partial charge in [-0.15, -0.1) is 0 Å². The van der Waals surface area contributed by atoms with Gasteiger partial charge in [-0.1, -0.05) is 70.4 Å². The molecule has 0 aliphatic carbocycles. The molecule has 0 radical (unpaired) electrons. The van der Waals surface area contributed by atoms with Crippen molar-refractivity contribution in [2.24, 2.45) is 0 Å². The molecule has 0 aromatic heterocycles. The summed E-state index contributed by atoms with van der Waals surface area (Å²) in [7, 11) is -2.93. The zero-order chi connectivity index (χ0) is 20.3. The van der Waals surface area contributed by atoms with Gasteiger partial charge in [0.15, 0.2) is 13.3 Å². The number of allylic oxidation sites excluding steroid dienone is 2. The molecule has 0 saturated heterocycles. The lowest BCUT2D eigenvalue weighted by molar-refractivity contribution is -0.112. The molecule has 0 heterocycles. The van der Waals surface area contributed by atoms with Crippen LogP contribution in [0.5, 0.6) is 0 Å². The predicted octanol–water partition coefficient (Wildman–Crippen LogP) is 4.78. The van der Waals surface area contributed by atoms with Crippen molar-refractivity contribution < 1.29 is 24.7 Å². The molecule has 0 rings (SSSR count). The minimum absolute atomic E-state index is 0.172. The number of hydrogen-bond acceptors (Lipinski definition) is 5. The lowest BCUT2D eigenvalue weighted by Crippen LogP contribution is -2.27. The van der Waals surface area contributed by atoms with Crippen LogP contribution in [0.3, 0.4) is 0 Å². The Labute approximate surface area is 166 Å². The fraction of sp³-hybridized carbons (Fsp3) is 0.857. The van der Waals surface area contributed by atoms with Gasteiger partial charge in [0.2, 0.25) is 0 Å². The van der Waals surface area contributed by atoms with Crippen molar-refractivity contribution in [3.63, 3.8) is 0 Å². The molecule has 27 heavy (non-hydrogen) atoms. The summed E-state index contributed by atoms with van der Waals surface area (Å²) in [5.41, 5.74) is -0.488. The van der Waals surface area contributed by atoms with Gasteiger partial charge in [-0.3, -0.25) is 4.79 Å². The lowest BCUT2D eigenvalue weighted by atomic mass is 10.1. The molecule has 0 bridgehead atoms. The van der Waals surface area contributed by atoms with E-state index in [2.05, 4.69) is 19.1 Å². The maximum Gasteiger partial charge on any atom is 0.191 e. The van der Waals surface area contributed by atoms with Crippen molar-refractivity contribution in [2.75, 3.05) is 6.61 Å². The Hall–Kier alpha value is -0.480. The normalized spacial score (nSPS) is 15.1. The van der Waals surface area contributed by atoms with Gasteiger partial charge in [0, 0.05) is 6.42 Å². The Balaban J connectivity index is 3.48. The highest BCUT2D eigenvalue weighted by molar-refractivity contribution is 7.64. The minimum atomic E-state index is -2.93. The molecule has 3 atom stereocenters. The molecule has 3 unspecified atom stereocenters. The summed E-state index contributed by atoms with van der Waals surface area (Å²) in [5, 5.41) is 27.4. The average Bonchev–Trinajstić information content (AvgIpc) is 2.68. The van der Waals surface area contributed by atoms with Crippen molar-refractivity contribution in [2.45, 2.75) is 109 Å². The maximum atomic E-state index is 11.7. The summed E-state index contributed by atoms with van der Waals surface area (Å²) in [4.78, 5) is 11.7. The monoisotopic (exact) mass is 404 g/mol. The summed E-state index contributed by atoms with van der Waals surface area (Å²) in [6.45, 7) is 1.54. The van der Waals surface area contributed by atoms with Crippen molar-refractivity contribution in [1.29, 1.82) is 0 Å². The van der Waals surface area contributed by atoms with Crippen LogP contribution in [0.15, 0.2) is 12.2 Å². The molecule has 0 aromatic carbocycles. The predicted molar refractivity (Wildman–Crippen MR) is 113 cm³/mol. The van der Waals surface area contributed by atoms with E-state index in [1.165, 1.54) is 44.9 Å². The topological polar surface area (TPSA) is 94.8 Å². The van der Waals surface area contributed by atoms with Gasteiger partial charge >= 0.3 is 0 Å². The second-order valence-corrected chi connectivity index (χ2v) is 9.19. The molecule has 0 aliphatic heterocycles. The number of aliphatic hydroxyl groups is 3. The fourth-order valence-electron chi connectivity index (χ4n) is 2.92. The molecule has 0 aromatic rings. The Morgan fingerprint density at radius 1 is 0.852 bits per heavy atom. The average molecular weight is 405 g/mol. The lowest BCUT2D eigenvalue weighted by Gasteiger charge is -2.14. The number of carbonyl (C=O) groups excluding carboxylic acids is 1. The second kappa shape index (κ2) is 18.9. The van der Waals surface area contributed by atoms with E-state index < -0.39 is 31.9 Å². The van der Waals surface area contributed by atoms with Crippen LogP contribution in [0.25, 0.3) is 0 Å². The van der Waals surface area contributed by atoms with Gasteiger partial charge in [0.05, 0.1) is 6.61 Å². The first kappa shape index (κ1) is 26.5. The van der Waals surface area contributed by atoms with Gasteiger partial charge in [-0.2, -0.15) is 0 Å². The first-order valence-corrected chi connectivity index (χ1v) is 12.2. The van der Waals surface area contributed by atoms with Crippen molar-refractivity contribution in [3.8, 4) is 0 Å². The second-order valence-electron chi connectivity index (χ2n) is 7.32. The number of rotatable bonds is 19. The highest BCUT2D eigenvalue weighted by atomic mass is 31.1. The smallest absolute Gasteiger partial charge is 0.191 e. The van der Waals surface area contributed by atoms with E-state index in [-0.39, 0.29) is 6.42 Å². The van der Waals surface area contributed by atoms with Gasteiger partial charge in [0.25, 0.3) is 0 Å². The largest absolute Gasteiger partial charge is 0.394 e. The van der Waals surface area contributed by atoms with E-state index in [9.17, 15) is 19.6 Å². The summed E-state index contributed by atoms with van der Waals surface area (Å²) in [5.74, 6) is -1.63. The number of hydrogen-bond donors (Lipinski definition) is 3. The summed E-state index contributed by atoms with van der Waals surface area (Å²) in [6, 6.07) is 0. The van der Waals surface area contributed by atoms with Gasteiger partial charge in [-0.25, -0.2) is 0 Å². The van der Waals surface area contributed by atoms with E-state index in [0.717, 1.165) is 32.1 Å². The number of aliphatic hydroxyl groups excluding tert-OH is 3. The molecule has 160 valence electrons. The van der Waals surface area contributed by atoms with E-state index >= 15 is 0 Å². The van der Waals surface area contributed by atoms with Crippen LogP contribution < -0.4 is 0 Å².